The number of rotatable bonds is 14. The van der Waals surface area contributed by atoms with Crippen LogP contribution in [-0.4, -0.2) is 38.3 Å². The van der Waals surface area contributed by atoms with Crippen LogP contribution in [0.1, 0.15) is 36.8 Å². The maximum absolute atomic E-state index is 9.66. The quantitative estimate of drug-likeness (QED) is 0.301. The first-order valence-corrected chi connectivity index (χ1v) is 10.2. The third-order valence-electron chi connectivity index (χ3n) is 4.81. The number of unbranched alkanes of at least 4 members (excludes halogenated alkanes) is 3. The van der Waals surface area contributed by atoms with Crippen LogP contribution in [0.3, 0.4) is 0 Å². The molecule has 0 saturated heterocycles. The van der Waals surface area contributed by atoms with Gasteiger partial charge < -0.3 is 21.1 Å². The lowest BCUT2D eigenvalue weighted by molar-refractivity contribution is 0.477. The van der Waals surface area contributed by atoms with Gasteiger partial charge in [-0.2, -0.15) is 0 Å². The fraction of sp³-hybridized carbons (Fsp3) is 0.478. The summed E-state index contributed by atoms with van der Waals surface area (Å²) in [4.78, 5) is 0. The highest BCUT2D eigenvalue weighted by atomic mass is 16.3. The van der Waals surface area contributed by atoms with Crippen LogP contribution in [0.5, 0.6) is 5.75 Å². The van der Waals surface area contributed by atoms with Crippen molar-refractivity contribution in [2.75, 3.05) is 38.5 Å². The molecule has 0 aliphatic carbocycles. The van der Waals surface area contributed by atoms with Crippen LogP contribution in [0.15, 0.2) is 48.5 Å². The average Bonchev–Trinajstić information content (AvgIpc) is 2.70. The fourth-order valence-electron chi connectivity index (χ4n) is 3.15. The second-order valence-electron chi connectivity index (χ2n) is 7.00. The topological polar surface area (TPSA) is 56.3 Å². The molecular weight excluding hydrogens is 334 g/mol. The molecule has 0 fully saturated rings. The van der Waals surface area contributed by atoms with E-state index in [9.17, 15) is 5.11 Å². The Bertz CT molecular complexity index is 631. The number of hydrogen-bond donors (Lipinski definition) is 4. The molecule has 27 heavy (non-hydrogen) atoms. The van der Waals surface area contributed by atoms with Crippen molar-refractivity contribution in [3.63, 3.8) is 0 Å². The van der Waals surface area contributed by atoms with E-state index in [4.69, 9.17) is 0 Å². The number of hydrogen-bond acceptors (Lipinski definition) is 4. The van der Waals surface area contributed by atoms with Crippen LogP contribution in [0.2, 0.25) is 0 Å². The zero-order valence-electron chi connectivity index (χ0n) is 16.6. The van der Waals surface area contributed by atoms with E-state index in [0.29, 0.717) is 5.75 Å². The Morgan fingerprint density at radius 2 is 1.33 bits per heavy atom. The van der Waals surface area contributed by atoms with Gasteiger partial charge in [0.05, 0.1) is 5.69 Å². The predicted octanol–water partition coefficient (Wildman–Crippen LogP) is 3.96. The first kappa shape index (κ1) is 21.3. The minimum absolute atomic E-state index is 0.309. The van der Waals surface area contributed by atoms with Crippen LogP contribution in [0.4, 0.5) is 5.69 Å². The van der Waals surface area contributed by atoms with Crippen molar-refractivity contribution in [1.82, 2.24) is 10.6 Å². The summed E-state index contributed by atoms with van der Waals surface area (Å²) in [5.41, 5.74) is 3.45. The monoisotopic (exact) mass is 369 g/mol. The van der Waals surface area contributed by atoms with Gasteiger partial charge in [0.15, 0.2) is 0 Å². The van der Waals surface area contributed by atoms with Crippen molar-refractivity contribution in [2.24, 2.45) is 0 Å². The molecule has 2 aromatic rings. The Morgan fingerprint density at radius 1 is 0.704 bits per heavy atom. The Kier molecular flexibility index (Phi) is 10.4. The molecule has 0 amide bonds. The summed E-state index contributed by atoms with van der Waals surface area (Å²) in [6.45, 7) is 4.25. The van der Waals surface area contributed by atoms with Crippen LogP contribution < -0.4 is 16.0 Å². The lowest BCUT2D eigenvalue weighted by atomic mass is 10.1. The maximum atomic E-state index is 9.66. The minimum Gasteiger partial charge on any atom is -0.506 e. The molecule has 0 spiro atoms. The maximum Gasteiger partial charge on any atom is 0.138 e. The fourth-order valence-corrected chi connectivity index (χ4v) is 3.15. The average molecular weight is 370 g/mol. The summed E-state index contributed by atoms with van der Waals surface area (Å²) in [6.07, 6.45) is 7.18. The highest BCUT2D eigenvalue weighted by Gasteiger charge is 2.00. The Labute approximate surface area is 164 Å². The van der Waals surface area contributed by atoms with E-state index in [2.05, 4.69) is 46.3 Å². The van der Waals surface area contributed by atoms with Crippen molar-refractivity contribution >= 4 is 5.69 Å². The van der Waals surface area contributed by atoms with Crippen molar-refractivity contribution in [3.05, 3.63) is 59.7 Å². The molecule has 4 N–H and O–H groups in total. The number of aromatic hydroxyl groups is 1. The highest BCUT2D eigenvalue weighted by molar-refractivity contribution is 5.56. The van der Waals surface area contributed by atoms with E-state index in [1.54, 1.807) is 6.07 Å². The van der Waals surface area contributed by atoms with E-state index in [-0.39, 0.29) is 0 Å². The second-order valence-corrected chi connectivity index (χ2v) is 7.00. The molecule has 0 aromatic heterocycles. The number of phenolic OH excluding ortho intramolecular Hbond substituents is 1. The minimum atomic E-state index is 0.309. The summed E-state index contributed by atoms with van der Waals surface area (Å²) in [5, 5.41) is 19.7. The number of anilines is 1. The molecule has 0 atom stereocenters. The van der Waals surface area contributed by atoms with Gasteiger partial charge in [0, 0.05) is 7.05 Å². The van der Waals surface area contributed by atoms with Crippen LogP contribution >= 0.6 is 0 Å². The zero-order chi connectivity index (χ0) is 19.2. The summed E-state index contributed by atoms with van der Waals surface area (Å²) in [7, 11) is 1.83. The van der Waals surface area contributed by atoms with Crippen molar-refractivity contribution in [2.45, 2.75) is 38.5 Å². The zero-order valence-corrected chi connectivity index (χ0v) is 16.6. The molecule has 0 bridgehead atoms. The van der Waals surface area contributed by atoms with Gasteiger partial charge in [0.2, 0.25) is 0 Å². The van der Waals surface area contributed by atoms with Crippen molar-refractivity contribution in [3.8, 4) is 5.75 Å². The first-order chi connectivity index (χ1) is 13.3. The van der Waals surface area contributed by atoms with Crippen LogP contribution in [0, 0.1) is 0 Å². The lowest BCUT2D eigenvalue weighted by Crippen LogP contribution is -2.19. The largest absolute Gasteiger partial charge is 0.506 e. The Hall–Kier alpha value is -2.04. The third kappa shape index (κ3) is 8.94. The number of benzene rings is 2. The summed E-state index contributed by atoms with van der Waals surface area (Å²) >= 11 is 0. The first-order valence-electron chi connectivity index (χ1n) is 10.2. The van der Waals surface area contributed by atoms with Crippen molar-refractivity contribution in [1.29, 1.82) is 0 Å². The van der Waals surface area contributed by atoms with Crippen LogP contribution in [-0.2, 0) is 12.8 Å². The normalized spacial score (nSPS) is 10.9. The van der Waals surface area contributed by atoms with E-state index in [1.807, 2.05) is 19.2 Å². The number of phenols is 1. The molecule has 2 rings (SSSR count). The molecule has 0 heterocycles. The highest BCUT2D eigenvalue weighted by Crippen LogP contribution is 2.23. The summed E-state index contributed by atoms with van der Waals surface area (Å²) in [5.74, 6) is 0.309. The van der Waals surface area contributed by atoms with Gasteiger partial charge >= 0.3 is 0 Å². The Morgan fingerprint density at radius 3 is 1.96 bits per heavy atom. The summed E-state index contributed by atoms with van der Waals surface area (Å²) in [6, 6.07) is 16.4. The van der Waals surface area contributed by atoms with E-state index >= 15 is 0 Å². The van der Waals surface area contributed by atoms with Gasteiger partial charge in [-0.15, -0.1) is 0 Å². The van der Waals surface area contributed by atoms with E-state index < -0.39 is 0 Å². The number of nitrogens with one attached hydrogen (secondary N) is 3. The molecule has 0 aliphatic heterocycles. The van der Waals surface area contributed by atoms with Gasteiger partial charge in [0.25, 0.3) is 0 Å². The van der Waals surface area contributed by atoms with E-state index in [1.165, 1.54) is 36.8 Å². The SMILES string of the molecule is CNc1cc(CCNCCCCCCNCCc2ccccc2)ccc1O. The van der Waals surface area contributed by atoms with Crippen molar-refractivity contribution < 1.29 is 5.11 Å². The molecule has 0 saturated carbocycles. The summed E-state index contributed by atoms with van der Waals surface area (Å²) < 4.78 is 0. The Balaban J connectivity index is 1.38. The molecule has 4 heteroatoms. The van der Waals surface area contributed by atoms with Gasteiger partial charge in [-0.1, -0.05) is 49.2 Å². The molecule has 0 radical (unpaired) electrons. The standard InChI is InChI=1S/C23H35N3O/c1-24-22-19-21(11-12-23(22)27)14-18-26-16-8-3-2-7-15-25-17-13-20-9-5-4-6-10-20/h4-6,9-12,19,24-27H,2-3,7-8,13-18H2,1H3. The van der Waals surface area contributed by atoms with Gasteiger partial charge in [0.1, 0.15) is 5.75 Å². The predicted molar refractivity (Wildman–Crippen MR) is 116 cm³/mol. The molecule has 0 aliphatic rings. The van der Waals surface area contributed by atoms with Gasteiger partial charge in [-0.3, -0.25) is 0 Å². The van der Waals surface area contributed by atoms with Gasteiger partial charge in [-0.05, 0) is 75.1 Å². The molecule has 0 unspecified atom stereocenters. The molecule has 4 nitrogen and oxygen atoms in total. The molecule has 2 aromatic carbocycles. The smallest absolute Gasteiger partial charge is 0.138 e. The third-order valence-corrected chi connectivity index (χ3v) is 4.81. The molecule has 148 valence electrons. The van der Waals surface area contributed by atoms with E-state index in [0.717, 1.165) is 44.7 Å². The van der Waals surface area contributed by atoms with Gasteiger partial charge in [-0.25, -0.2) is 0 Å². The second kappa shape index (κ2) is 13.2. The van der Waals surface area contributed by atoms with Crippen LogP contribution in [0.25, 0.3) is 0 Å². The lowest BCUT2D eigenvalue weighted by Gasteiger charge is -2.08. The molecular formula is C23H35N3O.